The minimum atomic E-state index is -4.65. The maximum atomic E-state index is 13.7. The van der Waals surface area contributed by atoms with Gasteiger partial charge in [-0.1, -0.05) is 12.1 Å². The SMILES string of the molecule is NC(N)=NC(=O)c1ccc(C2CCN(C(=O)c3cccc(S)c3)CC2)c(C(F)(F)F)c1. The zero-order valence-electron chi connectivity index (χ0n) is 16.4. The monoisotopic (exact) mass is 450 g/mol. The molecule has 6 nitrogen and oxygen atoms in total. The highest BCUT2D eigenvalue weighted by atomic mass is 32.1. The van der Waals surface area contributed by atoms with Gasteiger partial charge >= 0.3 is 6.18 Å². The number of hydrogen-bond donors (Lipinski definition) is 3. The van der Waals surface area contributed by atoms with E-state index in [0.29, 0.717) is 36.4 Å². The van der Waals surface area contributed by atoms with Crippen molar-refractivity contribution in [2.75, 3.05) is 13.1 Å². The smallest absolute Gasteiger partial charge is 0.370 e. The number of guanidine groups is 1. The third-order valence-corrected chi connectivity index (χ3v) is 5.43. The molecule has 0 aromatic heterocycles. The number of benzene rings is 2. The molecule has 3 rings (SSSR count). The van der Waals surface area contributed by atoms with Gasteiger partial charge in [-0.25, -0.2) is 0 Å². The Morgan fingerprint density at radius 1 is 1.03 bits per heavy atom. The second-order valence-corrected chi connectivity index (χ2v) is 7.77. The number of piperidine rings is 1. The van der Waals surface area contributed by atoms with Gasteiger partial charge in [-0.05, 0) is 54.7 Å². The van der Waals surface area contributed by atoms with Crippen molar-refractivity contribution in [1.29, 1.82) is 0 Å². The van der Waals surface area contributed by atoms with Crippen LogP contribution in [-0.4, -0.2) is 35.8 Å². The maximum absolute atomic E-state index is 13.7. The van der Waals surface area contributed by atoms with Crippen LogP contribution in [-0.2, 0) is 6.18 Å². The molecule has 0 atom stereocenters. The normalized spacial score (nSPS) is 14.9. The lowest BCUT2D eigenvalue weighted by Gasteiger charge is -2.33. The number of amides is 2. The minimum absolute atomic E-state index is 0.0956. The lowest BCUT2D eigenvalue weighted by molar-refractivity contribution is -0.138. The van der Waals surface area contributed by atoms with Crippen LogP contribution in [0.25, 0.3) is 0 Å². The number of rotatable bonds is 3. The zero-order valence-corrected chi connectivity index (χ0v) is 17.3. The number of hydrogen-bond acceptors (Lipinski definition) is 3. The van der Waals surface area contributed by atoms with Crippen LogP contribution in [0.2, 0.25) is 0 Å². The predicted molar refractivity (Wildman–Crippen MR) is 113 cm³/mol. The molecule has 1 heterocycles. The van der Waals surface area contributed by atoms with Gasteiger partial charge in [0, 0.05) is 29.1 Å². The molecule has 0 saturated carbocycles. The molecule has 1 saturated heterocycles. The fourth-order valence-electron chi connectivity index (χ4n) is 3.69. The Morgan fingerprint density at radius 3 is 2.29 bits per heavy atom. The van der Waals surface area contributed by atoms with E-state index < -0.39 is 29.5 Å². The van der Waals surface area contributed by atoms with E-state index >= 15 is 0 Å². The van der Waals surface area contributed by atoms with Gasteiger partial charge in [-0.3, -0.25) is 9.59 Å². The fourth-order valence-corrected chi connectivity index (χ4v) is 3.91. The summed E-state index contributed by atoms with van der Waals surface area (Å²) < 4.78 is 41.1. The summed E-state index contributed by atoms with van der Waals surface area (Å²) in [5, 5.41) is 0. The van der Waals surface area contributed by atoms with Crippen molar-refractivity contribution in [3.63, 3.8) is 0 Å². The van der Waals surface area contributed by atoms with Crippen molar-refractivity contribution in [2.45, 2.75) is 29.8 Å². The van der Waals surface area contributed by atoms with E-state index in [2.05, 4.69) is 17.6 Å². The molecule has 2 aromatic rings. The van der Waals surface area contributed by atoms with Gasteiger partial charge in [0.2, 0.25) is 0 Å². The quantitative estimate of drug-likeness (QED) is 0.379. The van der Waals surface area contributed by atoms with E-state index in [1.54, 1.807) is 29.2 Å². The molecule has 10 heteroatoms. The van der Waals surface area contributed by atoms with Crippen molar-refractivity contribution >= 4 is 30.4 Å². The fraction of sp³-hybridized carbons (Fsp3) is 0.286. The first-order chi connectivity index (χ1) is 14.6. The first-order valence-electron chi connectivity index (χ1n) is 9.49. The van der Waals surface area contributed by atoms with Crippen molar-refractivity contribution in [2.24, 2.45) is 16.5 Å². The van der Waals surface area contributed by atoms with Crippen LogP contribution < -0.4 is 11.5 Å². The van der Waals surface area contributed by atoms with Crippen LogP contribution in [0.15, 0.2) is 52.4 Å². The lowest BCUT2D eigenvalue weighted by atomic mass is 9.85. The minimum Gasteiger partial charge on any atom is -0.370 e. The maximum Gasteiger partial charge on any atom is 0.416 e. The van der Waals surface area contributed by atoms with Crippen molar-refractivity contribution in [1.82, 2.24) is 4.90 Å². The molecule has 0 bridgehead atoms. The van der Waals surface area contributed by atoms with Crippen molar-refractivity contribution in [3.05, 3.63) is 64.7 Å². The van der Waals surface area contributed by atoms with Crippen LogP contribution >= 0.6 is 12.6 Å². The van der Waals surface area contributed by atoms with Gasteiger partial charge < -0.3 is 16.4 Å². The Balaban J connectivity index is 1.80. The van der Waals surface area contributed by atoms with Crippen LogP contribution in [0.3, 0.4) is 0 Å². The highest BCUT2D eigenvalue weighted by Crippen LogP contribution is 2.39. The van der Waals surface area contributed by atoms with Crippen LogP contribution in [0.1, 0.15) is 50.6 Å². The summed E-state index contributed by atoms with van der Waals surface area (Å²) in [6.45, 7) is 0.651. The molecule has 2 amide bonds. The second-order valence-electron chi connectivity index (χ2n) is 7.26. The zero-order chi connectivity index (χ0) is 22.8. The summed E-state index contributed by atoms with van der Waals surface area (Å²) in [7, 11) is 0. The summed E-state index contributed by atoms with van der Waals surface area (Å²) in [6, 6.07) is 10.2. The topological polar surface area (TPSA) is 102 Å². The third kappa shape index (κ3) is 5.38. The summed E-state index contributed by atoms with van der Waals surface area (Å²) >= 11 is 4.23. The molecule has 1 aliphatic heterocycles. The van der Waals surface area contributed by atoms with Crippen molar-refractivity contribution < 1.29 is 22.8 Å². The molecule has 31 heavy (non-hydrogen) atoms. The van der Waals surface area contributed by atoms with E-state index in [-0.39, 0.29) is 17.0 Å². The number of nitrogens with zero attached hydrogens (tertiary/aromatic N) is 2. The molecule has 0 unspecified atom stereocenters. The summed E-state index contributed by atoms with van der Waals surface area (Å²) in [6.07, 6.45) is -3.91. The molecule has 4 N–H and O–H groups in total. The average Bonchev–Trinajstić information content (AvgIpc) is 2.72. The molecular weight excluding hydrogens is 429 g/mol. The van der Waals surface area contributed by atoms with Gasteiger partial charge in [-0.2, -0.15) is 18.2 Å². The standard InChI is InChI=1S/C21H21F3N4O2S/c22-21(23,24)17-11-13(18(29)27-20(25)26)4-5-16(17)12-6-8-28(9-7-12)19(30)14-2-1-3-15(31)10-14/h1-5,10-12,31H,6-9H2,(H4,25,26,27,29). The van der Waals surface area contributed by atoms with Gasteiger partial charge in [0.05, 0.1) is 5.56 Å². The Morgan fingerprint density at radius 2 is 1.71 bits per heavy atom. The number of halogens is 3. The van der Waals surface area contributed by atoms with E-state index in [0.717, 1.165) is 6.07 Å². The molecule has 0 radical (unpaired) electrons. The van der Waals surface area contributed by atoms with Crippen LogP contribution in [0, 0.1) is 0 Å². The number of alkyl halides is 3. The van der Waals surface area contributed by atoms with E-state index in [9.17, 15) is 22.8 Å². The van der Waals surface area contributed by atoms with Gasteiger partial charge in [0.1, 0.15) is 0 Å². The largest absolute Gasteiger partial charge is 0.416 e. The highest BCUT2D eigenvalue weighted by Gasteiger charge is 2.37. The number of carbonyl (C=O) groups is 2. The molecule has 0 spiro atoms. The number of likely N-dealkylation sites (tertiary alicyclic amines) is 1. The number of aliphatic imine (C=N–C) groups is 1. The molecular formula is C21H21F3N4O2S. The molecule has 1 aliphatic rings. The lowest BCUT2D eigenvalue weighted by Crippen LogP contribution is -2.38. The summed E-state index contributed by atoms with van der Waals surface area (Å²) in [4.78, 5) is 30.2. The average molecular weight is 450 g/mol. The predicted octanol–water partition coefficient (Wildman–Crippen LogP) is 3.43. The van der Waals surface area contributed by atoms with Crippen LogP contribution in [0.4, 0.5) is 13.2 Å². The third-order valence-electron chi connectivity index (χ3n) is 5.15. The number of nitrogens with two attached hydrogens (primary N) is 2. The van der Waals surface area contributed by atoms with Gasteiger partial charge in [0.15, 0.2) is 5.96 Å². The summed E-state index contributed by atoms with van der Waals surface area (Å²) in [5.74, 6) is -2.04. The Hall–Kier alpha value is -3.01. The van der Waals surface area contributed by atoms with E-state index in [1.807, 2.05) is 0 Å². The second kappa shape index (κ2) is 9.01. The molecule has 0 aliphatic carbocycles. The first-order valence-corrected chi connectivity index (χ1v) is 9.94. The van der Waals surface area contributed by atoms with Crippen molar-refractivity contribution in [3.8, 4) is 0 Å². The van der Waals surface area contributed by atoms with Crippen LogP contribution in [0.5, 0.6) is 0 Å². The Bertz CT molecular complexity index is 1030. The van der Waals surface area contributed by atoms with Gasteiger partial charge in [0.25, 0.3) is 11.8 Å². The summed E-state index contributed by atoms with van der Waals surface area (Å²) in [5.41, 5.74) is 9.72. The van der Waals surface area contributed by atoms with E-state index in [1.165, 1.54) is 12.1 Å². The Labute approximate surface area is 182 Å². The Kier molecular flexibility index (Phi) is 6.59. The first kappa shape index (κ1) is 22.7. The van der Waals surface area contributed by atoms with Gasteiger partial charge in [-0.15, -0.1) is 12.6 Å². The number of thiol groups is 1. The number of carbonyl (C=O) groups excluding carboxylic acids is 2. The molecule has 164 valence electrons. The highest BCUT2D eigenvalue weighted by molar-refractivity contribution is 7.80. The van der Waals surface area contributed by atoms with E-state index in [4.69, 9.17) is 11.5 Å². The molecule has 2 aromatic carbocycles. The molecule has 1 fully saturated rings.